The van der Waals surface area contributed by atoms with Gasteiger partial charge in [-0.05, 0) is 23.3 Å². The summed E-state index contributed by atoms with van der Waals surface area (Å²) in [5, 5.41) is 8.20. The Morgan fingerprint density at radius 2 is 1.97 bits per heavy atom. The van der Waals surface area contributed by atoms with Gasteiger partial charge in [0.1, 0.15) is 10.5 Å². The van der Waals surface area contributed by atoms with Gasteiger partial charge in [-0.3, -0.25) is 9.59 Å². The molecule has 0 aliphatic carbocycles. The molecule has 0 fully saturated rings. The van der Waals surface area contributed by atoms with Crippen LogP contribution in [-0.2, 0) is 26.6 Å². The van der Waals surface area contributed by atoms with Gasteiger partial charge < -0.3 is 15.0 Å². The Morgan fingerprint density at radius 3 is 2.82 bits per heavy atom. The number of nitrogens with one attached hydrogen (secondary N) is 2. The molecule has 166 valence electrons. The number of hydrogen-bond donors (Lipinski definition) is 2. The number of H-pyrrole nitrogens is 1. The van der Waals surface area contributed by atoms with E-state index in [1.165, 1.54) is 27.6 Å². The highest BCUT2D eigenvalue weighted by atomic mass is 32.1. The van der Waals surface area contributed by atoms with Crippen molar-refractivity contribution in [1.82, 2.24) is 29.3 Å². The second-order valence-electron chi connectivity index (χ2n) is 8.32. The number of thiazole rings is 1. The molecule has 2 N–H and O–H groups in total. The van der Waals surface area contributed by atoms with Crippen LogP contribution in [0.25, 0.3) is 21.3 Å². The van der Waals surface area contributed by atoms with Crippen molar-refractivity contribution in [3.8, 4) is 0 Å². The lowest BCUT2D eigenvalue weighted by Gasteiger charge is -2.09. The van der Waals surface area contributed by atoms with E-state index in [2.05, 4.69) is 15.5 Å². The second kappa shape index (κ2) is 7.39. The van der Waals surface area contributed by atoms with Crippen LogP contribution in [0.2, 0.25) is 0 Å². The third-order valence-electron chi connectivity index (χ3n) is 6.04. The molecule has 0 amide bonds. The van der Waals surface area contributed by atoms with Crippen LogP contribution < -0.4 is 16.5 Å². The zero-order chi connectivity index (χ0) is 22.7. The van der Waals surface area contributed by atoms with Crippen molar-refractivity contribution >= 4 is 38.3 Å². The lowest BCUT2D eigenvalue weighted by molar-refractivity contribution is 0.420. The average Bonchev–Trinajstić information content (AvgIpc) is 3.44. The number of aromatic nitrogens is 5. The maximum atomic E-state index is 13.4. The summed E-state index contributed by atoms with van der Waals surface area (Å²) in [4.78, 5) is 32.6. The summed E-state index contributed by atoms with van der Waals surface area (Å²) in [5.41, 5.74) is 8.54. The van der Waals surface area contributed by atoms with Gasteiger partial charge >= 0.3 is 0 Å². The molecule has 5 aromatic rings. The Balaban J connectivity index is 1.39. The van der Waals surface area contributed by atoms with Crippen molar-refractivity contribution in [2.45, 2.75) is 19.5 Å². The Morgan fingerprint density at radius 1 is 1.12 bits per heavy atom. The van der Waals surface area contributed by atoms with Gasteiger partial charge in [0.2, 0.25) is 5.56 Å². The molecule has 33 heavy (non-hydrogen) atoms. The molecule has 1 aromatic carbocycles. The molecule has 1 aliphatic rings. The normalized spacial score (nSPS) is 13.6. The zero-order valence-corrected chi connectivity index (χ0v) is 18.9. The van der Waals surface area contributed by atoms with Gasteiger partial charge in [0.25, 0.3) is 5.56 Å². The third kappa shape index (κ3) is 3.26. The van der Waals surface area contributed by atoms with Gasteiger partial charge in [-0.2, -0.15) is 5.10 Å². The Labute approximate surface area is 191 Å². The molecule has 0 spiro atoms. The molecule has 1 aliphatic heterocycles. The average molecular weight is 460 g/mol. The van der Waals surface area contributed by atoms with Crippen LogP contribution in [0, 0.1) is 0 Å². The summed E-state index contributed by atoms with van der Waals surface area (Å²) in [6.07, 6.45) is 2.29. The van der Waals surface area contributed by atoms with Gasteiger partial charge in [0.05, 0.1) is 23.1 Å². The molecule has 0 saturated carbocycles. The van der Waals surface area contributed by atoms with Crippen LogP contribution in [0.1, 0.15) is 21.8 Å². The van der Waals surface area contributed by atoms with Gasteiger partial charge in [-0.15, -0.1) is 11.3 Å². The van der Waals surface area contributed by atoms with Gasteiger partial charge in [-0.1, -0.05) is 18.2 Å². The fraction of sp³-hybridized carbons (Fsp3) is 0.217. The Hall–Kier alpha value is -3.76. The fourth-order valence-electron chi connectivity index (χ4n) is 4.50. The van der Waals surface area contributed by atoms with Crippen LogP contribution in [0.5, 0.6) is 0 Å². The summed E-state index contributed by atoms with van der Waals surface area (Å²) < 4.78 is 4.31. The van der Waals surface area contributed by atoms with Crippen LogP contribution in [0.4, 0.5) is 5.69 Å². The minimum Gasteiger partial charge on any atom is -0.326 e. The summed E-state index contributed by atoms with van der Waals surface area (Å²) in [6, 6.07) is 11.2. The van der Waals surface area contributed by atoms with Gasteiger partial charge in [-0.25, -0.2) is 14.7 Å². The van der Waals surface area contributed by atoms with E-state index in [-0.39, 0.29) is 11.1 Å². The minimum atomic E-state index is -0.133. The van der Waals surface area contributed by atoms with E-state index in [1.807, 2.05) is 47.9 Å². The molecule has 5 heterocycles. The van der Waals surface area contributed by atoms with Crippen LogP contribution in [0.15, 0.2) is 52.2 Å². The highest BCUT2D eigenvalue weighted by molar-refractivity contribution is 7.19. The molecule has 0 bridgehead atoms. The first-order chi connectivity index (χ1) is 16.0. The van der Waals surface area contributed by atoms with Crippen LogP contribution in [0.3, 0.4) is 0 Å². The van der Waals surface area contributed by atoms with Crippen molar-refractivity contribution in [2.24, 2.45) is 7.05 Å². The molecule has 6 rings (SSSR count). The predicted molar refractivity (Wildman–Crippen MR) is 129 cm³/mol. The number of hydrogen-bond acceptors (Lipinski definition) is 7. The topological polar surface area (TPSA) is 101 Å². The maximum absolute atomic E-state index is 13.4. The first-order valence-corrected chi connectivity index (χ1v) is 11.4. The Kier molecular flexibility index (Phi) is 4.46. The summed E-state index contributed by atoms with van der Waals surface area (Å²) >= 11 is 1.53. The summed E-state index contributed by atoms with van der Waals surface area (Å²) in [6.45, 7) is 1.19. The summed E-state index contributed by atoms with van der Waals surface area (Å²) in [7, 11) is 3.86. The molecule has 0 atom stereocenters. The standard InChI is InChI=1S/C23H21N7O2S/c1-28-12-16-13(5-3-7-17(16)27-28)11-30-23(32)20-15(10-24-30)21-22(29(20)2)26-19(33-21)9-14-6-4-8-18(31)25-14/h3-8,10,27H,9,11-12H2,1-2H3,(H,25,31). The molecule has 4 aromatic heterocycles. The Bertz CT molecular complexity index is 1660. The van der Waals surface area contributed by atoms with Crippen molar-refractivity contribution in [3.63, 3.8) is 0 Å². The third-order valence-corrected chi connectivity index (χ3v) is 7.12. The largest absolute Gasteiger partial charge is 0.326 e. The quantitative estimate of drug-likeness (QED) is 0.428. The van der Waals surface area contributed by atoms with E-state index in [1.54, 1.807) is 12.3 Å². The van der Waals surface area contributed by atoms with Crippen molar-refractivity contribution < 1.29 is 0 Å². The van der Waals surface area contributed by atoms with Gasteiger partial charge in [0, 0.05) is 44.2 Å². The van der Waals surface area contributed by atoms with Crippen molar-refractivity contribution in [1.29, 1.82) is 0 Å². The monoisotopic (exact) mass is 459 g/mol. The van der Waals surface area contributed by atoms with E-state index < -0.39 is 0 Å². The lowest BCUT2D eigenvalue weighted by atomic mass is 10.1. The van der Waals surface area contributed by atoms with Crippen LogP contribution >= 0.6 is 11.3 Å². The smallest absolute Gasteiger partial charge is 0.291 e. The number of aryl methyl sites for hydroxylation is 1. The van der Waals surface area contributed by atoms with Gasteiger partial charge in [0.15, 0.2) is 5.65 Å². The SMILES string of the molecule is CN1Cc2c(Cn3ncc4c5sc(Cc6cccc(=O)[nH]6)nc5n(C)c4c3=O)cccc2N1. The number of hydrazine groups is 1. The van der Waals surface area contributed by atoms with Crippen molar-refractivity contribution in [3.05, 3.63) is 85.1 Å². The molecule has 9 nitrogen and oxygen atoms in total. The highest BCUT2D eigenvalue weighted by Crippen LogP contribution is 2.32. The van der Waals surface area contributed by atoms with E-state index in [9.17, 15) is 9.59 Å². The van der Waals surface area contributed by atoms with E-state index in [0.717, 1.165) is 44.2 Å². The minimum absolute atomic E-state index is 0.129. The number of anilines is 1. The molecule has 0 saturated heterocycles. The molecule has 0 unspecified atom stereocenters. The second-order valence-corrected chi connectivity index (χ2v) is 9.40. The first-order valence-electron chi connectivity index (χ1n) is 10.6. The number of aromatic amines is 1. The van der Waals surface area contributed by atoms with E-state index >= 15 is 0 Å². The number of benzene rings is 1. The highest BCUT2D eigenvalue weighted by Gasteiger charge is 2.21. The lowest BCUT2D eigenvalue weighted by Crippen LogP contribution is -2.25. The zero-order valence-electron chi connectivity index (χ0n) is 18.1. The molecular formula is C23H21N7O2S. The van der Waals surface area contributed by atoms with E-state index in [0.29, 0.717) is 18.5 Å². The first kappa shape index (κ1) is 19.9. The number of fused-ring (bicyclic) bond motifs is 4. The molecule has 10 heteroatoms. The predicted octanol–water partition coefficient (Wildman–Crippen LogP) is 2.44. The number of nitrogens with zero attached hydrogens (tertiary/aromatic N) is 5. The number of pyridine rings is 1. The fourth-order valence-corrected chi connectivity index (χ4v) is 5.63. The molecule has 0 radical (unpaired) electrons. The van der Waals surface area contributed by atoms with Crippen LogP contribution in [-0.4, -0.2) is 36.4 Å². The maximum Gasteiger partial charge on any atom is 0.291 e. The summed E-state index contributed by atoms with van der Waals surface area (Å²) in [5.74, 6) is 0. The number of rotatable bonds is 4. The van der Waals surface area contributed by atoms with E-state index in [4.69, 9.17) is 4.98 Å². The van der Waals surface area contributed by atoms with Crippen molar-refractivity contribution in [2.75, 3.05) is 12.5 Å². The molecular weight excluding hydrogens is 438 g/mol.